The average Bonchev–Trinajstić information content (AvgIpc) is 2.90. The number of anilines is 1. The largest absolute Gasteiger partial charge is 0.447 e. The van der Waals surface area contributed by atoms with Gasteiger partial charge in [0.2, 0.25) is 0 Å². The minimum Gasteiger partial charge on any atom is -0.447 e. The lowest BCUT2D eigenvalue weighted by Gasteiger charge is -2.21. The van der Waals surface area contributed by atoms with Crippen molar-refractivity contribution in [3.8, 4) is 6.07 Å². The van der Waals surface area contributed by atoms with E-state index in [1.807, 2.05) is 30.3 Å². The molecule has 4 heteroatoms. The van der Waals surface area contributed by atoms with Crippen LogP contribution in [0.15, 0.2) is 54.6 Å². The number of amides is 1. The monoisotopic (exact) mass is 264 g/mol. The van der Waals surface area contributed by atoms with Crippen LogP contribution in [0, 0.1) is 11.3 Å². The first-order chi connectivity index (χ1) is 9.79. The maximum atomic E-state index is 12.0. The van der Waals surface area contributed by atoms with Crippen molar-refractivity contribution in [2.45, 2.75) is 6.04 Å². The van der Waals surface area contributed by atoms with Gasteiger partial charge in [-0.15, -0.1) is 0 Å². The number of hydrogen-bond donors (Lipinski definition) is 0. The first-order valence-corrected chi connectivity index (χ1v) is 6.30. The number of rotatable bonds is 2. The van der Waals surface area contributed by atoms with Gasteiger partial charge >= 0.3 is 6.09 Å². The molecule has 20 heavy (non-hydrogen) atoms. The molecule has 2 aromatic rings. The van der Waals surface area contributed by atoms with Gasteiger partial charge in [0, 0.05) is 5.69 Å². The second-order valence-corrected chi connectivity index (χ2v) is 4.53. The summed E-state index contributed by atoms with van der Waals surface area (Å²) in [6.45, 7) is 0.336. The Hall–Kier alpha value is -2.80. The lowest BCUT2D eigenvalue weighted by molar-refractivity contribution is 0.179. The third-order valence-electron chi connectivity index (χ3n) is 3.33. The van der Waals surface area contributed by atoms with Crippen LogP contribution in [0.5, 0.6) is 0 Å². The smallest absolute Gasteiger partial charge is 0.415 e. The summed E-state index contributed by atoms with van der Waals surface area (Å²) in [5.41, 5.74) is 2.33. The highest BCUT2D eigenvalue weighted by atomic mass is 16.6. The van der Waals surface area contributed by atoms with Crippen LogP contribution in [0.1, 0.15) is 17.2 Å². The SMILES string of the molecule is N#Cc1ccc(N2C(=O)OC[C@H]2c2ccccc2)cc1. The Morgan fingerprint density at radius 1 is 1.10 bits per heavy atom. The lowest BCUT2D eigenvalue weighted by atomic mass is 10.1. The number of carbonyl (C=O) groups excluding carboxylic acids is 1. The topological polar surface area (TPSA) is 53.3 Å². The number of hydrogen-bond acceptors (Lipinski definition) is 3. The van der Waals surface area contributed by atoms with Crippen LogP contribution in [0.3, 0.4) is 0 Å². The molecule has 0 N–H and O–H groups in total. The summed E-state index contributed by atoms with van der Waals surface area (Å²) in [6.07, 6.45) is -0.358. The molecule has 0 radical (unpaired) electrons. The molecular formula is C16H12N2O2. The number of benzene rings is 2. The van der Waals surface area contributed by atoms with Gasteiger partial charge in [-0.1, -0.05) is 30.3 Å². The van der Waals surface area contributed by atoms with Crippen LogP contribution in [0.2, 0.25) is 0 Å². The fraction of sp³-hybridized carbons (Fsp3) is 0.125. The first-order valence-electron chi connectivity index (χ1n) is 6.30. The molecule has 1 aliphatic heterocycles. The third-order valence-corrected chi connectivity index (χ3v) is 3.33. The van der Waals surface area contributed by atoms with Crippen molar-refractivity contribution < 1.29 is 9.53 Å². The number of carbonyl (C=O) groups is 1. The van der Waals surface area contributed by atoms with E-state index in [2.05, 4.69) is 6.07 Å². The average molecular weight is 264 g/mol. The van der Waals surface area contributed by atoms with E-state index in [0.717, 1.165) is 11.3 Å². The number of nitrogens with zero attached hydrogens (tertiary/aromatic N) is 2. The van der Waals surface area contributed by atoms with Gasteiger partial charge in [0.15, 0.2) is 0 Å². The predicted octanol–water partition coefficient (Wildman–Crippen LogP) is 3.26. The molecule has 0 aromatic heterocycles. The second kappa shape index (κ2) is 5.06. The first kappa shape index (κ1) is 12.2. The summed E-state index contributed by atoms with van der Waals surface area (Å²) in [6, 6.07) is 18.6. The fourth-order valence-corrected chi connectivity index (χ4v) is 2.32. The molecule has 3 rings (SSSR count). The van der Waals surface area contributed by atoms with E-state index < -0.39 is 0 Å². The highest BCUT2D eigenvalue weighted by Crippen LogP contribution is 2.32. The summed E-state index contributed by atoms with van der Waals surface area (Å²) in [5.74, 6) is 0. The summed E-state index contributed by atoms with van der Waals surface area (Å²) in [7, 11) is 0. The molecule has 0 unspecified atom stereocenters. The van der Waals surface area contributed by atoms with Crippen LogP contribution < -0.4 is 4.90 Å². The maximum absolute atomic E-state index is 12.0. The van der Waals surface area contributed by atoms with Crippen molar-refractivity contribution in [1.82, 2.24) is 0 Å². The molecule has 0 spiro atoms. The van der Waals surface area contributed by atoms with Crippen molar-refractivity contribution in [3.05, 3.63) is 65.7 Å². The third kappa shape index (κ3) is 2.10. The molecule has 0 aliphatic carbocycles. The molecule has 1 fully saturated rings. The Kier molecular flexibility index (Phi) is 3.10. The van der Waals surface area contributed by atoms with E-state index in [-0.39, 0.29) is 12.1 Å². The van der Waals surface area contributed by atoms with E-state index in [4.69, 9.17) is 10.00 Å². The Labute approximate surface area is 116 Å². The van der Waals surface area contributed by atoms with Crippen LogP contribution in [-0.4, -0.2) is 12.7 Å². The minimum absolute atomic E-state index is 0.128. The number of ether oxygens (including phenoxy) is 1. The molecule has 1 aliphatic rings. The molecule has 4 nitrogen and oxygen atoms in total. The van der Waals surface area contributed by atoms with Crippen molar-refractivity contribution in [1.29, 1.82) is 5.26 Å². The number of cyclic esters (lactones) is 1. The van der Waals surface area contributed by atoms with E-state index in [0.29, 0.717) is 12.2 Å². The van der Waals surface area contributed by atoms with Gasteiger partial charge in [0.25, 0.3) is 0 Å². The molecule has 0 bridgehead atoms. The molecule has 1 amide bonds. The van der Waals surface area contributed by atoms with Crippen LogP contribution in [0.4, 0.5) is 10.5 Å². The maximum Gasteiger partial charge on any atom is 0.415 e. The lowest BCUT2D eigenvalue weighted by Crippen LogP contribution is -2.27. The predicted molar refractivity (Wildman–Crippen MR) is 74.2 cm³/mol. The zero-order chi connectivity index (χ0) is 13.9. The van der Waals surface area contributed by atoms with Gasteiger partial charge in [-0.05, 0) is 29.8 Å². The highest BCUT2D eigenvalue weighted by Gasteiger charge is 2.35. The van der Waals surface area contributed by atoms with E-state index in [1.54, 1.807) is 29.2 Å². The summed E-state index contributed by atoms with van der Waals surface area (Å²) < 4.78 is 5.17. The Morgan fingerprint density at radius 3 is 2.45 bits per heavy atom. The summed E-state index contributed by atoms with van der Waals surface area (Å²) >= 11 is 0. The van der Waals surface area contributed by atoms with Gasteiger partial charge < -0.3 is 4.74 Å². The molecule has 1 saturated heterocycles. The zero-order valence-corrected chi connectivity index (χ0v) is 10.7. The van der Waals surface area contributed by atoms with Crippen molar-refractivity contribution >= 4 is 11.8 Å². The zero-order valence-electron chi connectivity index (χ0n) is 10.7. The molecule has 2 aromatic carbocycles. The van der Waals surface area contributed by atoms with E-state index in [9.17, 15) is 4.79 Å². The Balaban J connectivity index is 1.96. The van der Waals surface area contributed by atoms with E-state index in [1.165, 1.54) is 0 Å². The number of nitriles is 1. The molecule has 1 heterocycles. The molecule has 0 saturated carbocycles. The minimum atomic E-state index is -0.358. The van der Waals surface area contributed by atoms with Crippen molar-refractivity contribution in [3.63, 3.8) is 0 Å². The molecular weight excluding hydrogens is 252 g/mol. The fourth-order valence-electron chi connectivity index (χ4n) is 2.32. The summed E-state index contributed by atoms with van der Waals surface area (Å²) in [5, 5.41) is 8.82. The Morgan fingerprint density at radius 2 is 1.80 bits per heavy atom. The van der Waals surface area contributed by atoms with Gasteiger partial charge in [-0.2, -0.15) is 5.26 Å². The standard InChI is InChI=1S/C16H12N2O2/c17-10-12-6-8-14(9-7-12)18-15(11-20-16(18)19)13-4-2-1-3-5-13/h1-9,15H,11H2/t15-/m0/s1. The van der Waals surface area contributed by atoms with Crippen molar-refractivity contribution in [2.24, 2.45) is 0 Å². The summed E-state index contributed by atoms with van der Waals surface area (Å²) in [4.78, 5) is 13.6. The van der Waals surface area contributed by atoms with E-state index >= 15 is 0 Å². The van der Waals surface area contributed by atoms with Gasteiger partial charge in [0.1, 0.15) is 6.61 Å². The van der Waals surface area contributed by atoms with Gasteiger partial charge in [-0.25, -0.2) is 4.79 Å². The molecule has 1 atom stereocenters. The van der Waals surface area contributed by atoms with Gasteiger partial charge in [-0.3, -0.25) is 4.90 Å². The van der Waals surface area contributed by atoms with Gasteiger partial charge in [0.05, 0.1) is 17.7 Å². The van der Waals surface area contributed by atoms with Crippen LogP contribution in [-0.2, 0) is 4.74 Å². The van der Waals surface area contributed by atoms with Crippen LogP contribution >= 0.6 is 0 Å². The van der Waals surface area contributed by atoms with Crippen LogP contribution in [0.25, 0.3) is 0 Å². The molecule has 98 valence electrons. The van der Waals surface area contributed by atoms with Crippen molar-refractivity contribution in [2.75, 3.05) is 11.5 Å². The quantitative estimate of drug-likeness (QED) is 0.836. The Bertz CT molecular complexity index is 659. The second-order valence-electron chi connectivity index (χ2n) is 4.53. The normalized spacial score (nSPS) is 17.6. The highest BCUT2D eigenvalue weighted by molar-refractivity contribution is 5.90.